The Morgan fingerprint density at radius 1 is 1.21 bits per heavy atom. The second-order valence-electron chi connectivity index (χ2n) is 3.36. The number of nitrogens with zero attached hydrogens (tertiary/aromatic N) is 2. The van der Waals surface area contributed by atoms with Gasteiger partial charge in [-0.15, -0.1) is 5.10 Å². The summed E-state index contributed by atoms with van der Waals surface area (Å²) < 4.78 is 0. The van der Waals surface area contributed by atoms with Crippen molar-refractivity contribution in [1.82, 2.24) is 15.4 Å². The second kappa shape index (κ2) is 3.62. The molecule has 0 saturated carbocycles. The number of rotatable bonds is 2. The van der Waals surface area contributed by atoms with Crippen molar-refractivity contribution in [3.05, 3.63) is 35.5 Å². The van der Waals surface area contributed by atoms with Crippen molar-refractivity contribution in [3.8, 4) is 11.3 Å². The van der Waals surface area contributed by atoms with Gasteiger partial charge in [0.25, 0.3) is 0 Å². The first kappa shape index (κ1) is 8.94. The molecule has 1 aromatic heterocycles. The third-order valence-electron chi connectivity index (χ3n) is 2.30. The lowest BCUT2D eigenvalue weighted by atomic mass is 10.1. The minimum Gasteiger partial charge on any atom is -0.262 e. The first-order chi connectivity index (χ1) is 6.81. The highest BCUT2D eigenvalue weighted by Gasteiger charge is 2.06. The van der Waals surface area contributed by atoms with Gasteiger partial charge in [0.05, 0.1) is 5.69 Å². The van der Waals surface area contributed by atoms with Crippen molar-refractivity contribution >= 4 is 0 Å². The van der Waals surface area contributed by atoms with Crippen molar-refractivity contribution in [2.45, 2.75) is 20.3 Å². The van der Waals surface area contributed by atoms with Crippen molar-refractivity contribution in [3.63, 3.8) is 0 Å². The number of H-pyrrole nitrogens is 1. The van der Waals surface area contributed by atoms with Crippen LogP contribution in [0.1, 0.15) is 18.2 Å². The summed E-state index contributed by atoms with van der Waals surface area (Å²) in [5.41, 5.74) is 4.44. The van der Waals surface area contributed by atoms with Gasteiger partial charge in [-0.1, -0.05) is 42.0 Å². The van der Waals surface area contributed by atoms with Crippen LogP contribution in [0.2, 0.25) is 0 Å². The predicted octanol–water partition coefficient (Wildman–Crippen LogP) is 2.34. The monoisotopic (exact) mass is 187 g/mol. The Hall–Kier alpha value is -1.64. The minimum absolute atomic E-state index is 0.927. The topological polar surface area (TPSA) is 41.6 Å². The molecule has 0 aliphatic rings. The zero-order valence-corrected chi connectivity index (χ0v) is 8.41. The standard InChI is InChI=1S/C11H13N3/c1-3-10-11(13-14-12-10)9-6-4-8(2)5-7-9/h4-7H,3H2,1-2H3,(H,12,13,14). The molecule has 0 unspecified atom stereocenters. The molecule has 72 valence electrons. The van der Waals surface area contributed by atoms with Gasteiger partial charge in [-0.2, -0.15) is 0 Å². The van der Waals surface area contributed by atoms with Gasteiger partial charge in [0.15, 0.2) is 0 Å². The normalized spacial score (nSPS) is 10.4. The molecule has 0 bridgehead atoms. The fraction of sp³-hybridized carbons (Fsp3) is 0.273. The van der Waals surface area contributed by atoms with Gasteiger partial charge in [-0.25, -0.2) is 0 Å². The van der Waals surface area contributed by atoms with Crippen LogP contribution in [0.15, 0.2) is 24.3 Å². The van der Waals surface area contributed by atoms with Crippen molar-refractivity contribution in [1.29, 1.82) is 0 Å². The molecule has 1 heterocycles. The smallest absolute Gasteiger partial charge is 0.115 e. The number of hydrogen-bond acceptors (Lipinski definition) is 2. The molecule has 1 N–H and O–H groups in total. The molecule has 0 saturated heterocycles. The summed E-state index contributed by atoms with van der Waals surface area (Å²) in [5, 5.41) is 10.8. The molecule has 0 fully saturated rings. The first-order valence-electron chi connectivity index (χ1n) is 4.78. The lowest BCUT2D eigenvalue weighted by Crippen LogP contribution is -1.85. The van der Waals surface area contributed by atoms with E-state index in [1.54, 1.807) is 0 Å². The molecule has 3 nitrogen and oxygen atoms in total. The van der Waals surface area contributed by atoms with Crippen LogP contribution in [0.25, 0.3) is 11.3 Å². The van der Waals surface area contributed by atoms with Crippen LogP contribution in [0, 0.1) is 6.92 Å². The number of aryl methyl sites for hydroxylation is 2. The van der Waals surface area contributed by atoms with Gasteiger partial charge >= 0.3 is 0 Å². The van der Waals surface area contributed by atoms with E-state index in [1.165, 1.54) is 5.56 Å². The van der Waals surface area contributed by atoms with E-state index in [9.17, 15) is 0 Å². The van der Waals surface area contributed by atoms with Gasteiger partial charge < -0.3 is 0 Å². The van der Waals surface area contributed by atoms with Crippen LogP contribution >= 0.6 is 0 Å². The molecule has 0 aliphatic heterocycles. The van der Waals surface area contributed by atoms with E-state index in [2.05, 4.69) is 53.5 Å². The van der Waals surface area contributed by atoms with Gasteiger partial charge in [0.2, 0.25) is 0 Å². The van der Waals surface area contributed by atoms with E-state index >= 15 is 0 Å². The molecule has 0 atom stereocenters. The van der Waals surface area contributed by atoms with E-state index < -0.39 is 0 Å². The van der Waals surface area contributed by atoms with E-state index in [0.717, 1.165) is 23.4 Å². The lowest BCUT2D eigenvalue weighted by Gasteiger charge is -1.99. The van der Waals surface area contributed by atoms with Gasteiger partial charge in [-0.05, 0) is 13.3 Å². The third-order valence-corrected chi connectivity index (χ3v) is 2.30. The number of hydrogen-bond donors (Lipinski definition) is 1. The third kappa shape index (κ3) is 1.53. The SMILES string of the molecule is CCc1[nH]nnc1-c1ccc(C)cc1. The van der Waals surface area contributed by atoms with E-state index in [4.69, 9.17) is 0 Å². The Balaban J connectivity index is 2.44. The van der Waals surface area contributed by atoms with E-state index in [1.807, 2.05) is 0 Å². The summed E-state index contributed by atoms with van der Waals surface area (Å²) in [6, 6.07) is 8.32. The average molecular weight is 187 g/mol. The van der Waals surface area contributed by atoms with Crippen LogP contribution < -0.4 is 0 Å². The van der Waals surface area contributed by atoms with Gasteiger partial charge in [0.1, 0.15) is 5.69 Å². The fourth-order valence-corrected chi connectivity index (χ4v) is 1.44. The molecule has 14 heavy (non-hydrogen) atoms. The molecular formula is C11H13N3. The van der Waals surface area contributed by atoms with Crippen LogP contribution in [0.3, 0.4) is 0 Å². The summed E-state index contributed by atoms with van der Waals surface area (Å²) in [5.74, 6) is 0. The van der Waals surface area contributed by atoms with Gasteiger partial charge in [0, 0.05) is 5.56 Å². The maximum absolute atomic E-state index is 4.08. The molecule has 2 rings (SSSR count). The summed E-state index contributed by atoms with van der Waals surface area (Å²) in [6.07, 6.45) is 0.927. The summed E-state index contributed by atoms with van der Waals surface area (Å²) in [4.78, 5) is 0. The highest BCUT2D eigenvalue weighted by atomic mass is 15.3. The molecule has 3 heteroatoms. The Labute approximate surface area is 83.2 Å². The molecule has 1 aromatic carbocycles. The molecule has 0 amide bonds. The second-order valence-corrected chi connectivity index (χ2v) is 3.36. The van der Waals surface area contributed by atoms with E-state index in [-0.39, 0.29) is 0 Å². The first-order valence-corrected chi connectivity index (χ1v) is 4.78. The molecular weight excluding hydrogens is 174 g/mol. The molecule has 0 radical (unpaired) electrons. The Bertz CT molecular complexity index is 414. The lowest BCUT2D eigenvalue weighted by molar-refractivity contribution is 0.908. The predicted molar refractivity (Wildman–Crippen MR) is 55.9 cm³/mol. The fourth-order valence-electron chi connectivity index (χ4n) is 1.44. The Morgan fingerprint density at radius 2 is 1.93 bits per heavy atom. The molecule has 2 aromatic rings. The minimum atomic E-state index is 0.927. The maximum Gasteiger partial charge on any atom is 0.115 e. The summed E-state index contributed by atoms with van der Waals surface area (Å²) in [6.45, 7) is 4.17. The highest BCUT2D eigenvalue weighted by molar-refractivity contribution is 5.61. The number of nitrogens with one attached hydrogen (secondary N) is 1. The number of benzene rings is 1. The van der Waals surface area contributed by atoms with Crippen molar-refractivity contribution in [2.75, 3.05) is 0 Å². The summed E-state index contributed by atoms with van der Waals surface area (Å²) >= 11 is 0. The Morgan fingerprint density at radius 3 is 2.57 bits per heavy atom. The maximum atomic E-state index is 4.08. The van der Waals surface area contributed by atoms with Crippen LogP contribution in [-0.4, -0.2) is 15.4 Å². The van der Waals surface area contributed by atoms with Crippen molar-refractivity contribution in [2.24, 2.45) is 0 Å². The van der Waals surface area contributed by atoms with Gasteiger partial charge in [-0.3, -0.25) is 5.10 Å². The summed E-state index contributed by atoms with van der Waals surface area (Å²) in [7, 11) is 0. The zero-order valence-electron chi connectivity index (χ0n) is 8.41. The van der Waals surface area contributed by atoms with Crippen molar-refractivity contribution < 1.29 is 0 Å². The van der Waals surface area contributed by atoms with E-state index in [0.29, 0.717) is 0 Å². The largest absolute Gasteiger partial charge is 0.262 e. The van der Waals surface area contributed by atoms with Crippen LogP contribution in [0.5, 0.6) is 0 Å². The van der Waals surface area contributed by atoms with Crippen LogP contribution in [0.4, 0.5) is 0 Å². The van der Waals surface area contributed by atoms with Crippen LogP contribution in [-0.2, 0) is 6.42 Å². The quantitative estimate of drug-likeness (QED) is 0.784. The number of aromatic amines is 1. The zero-order chi connectivity index (χ0) is 9.97. The Kier molecular flexibility index (Phi) is 2.31. The average Bonchev–Trinajstić information content (AvgIpc) is 2.67. The highest BCUT2D eigenvalue weighted by Crippen LogP contribution is 2.19. The molecule has 0 aliphatic carbocycles. The molecule has 0 spiro atoms. The number of aromatic nitrogens is 3.